The fraction of sp³-hybridized carbons (Fsp3) is 1.00. The van der Waals surface area contributed by atoms with Crippen molar-refractivity contribution < 1.29 is 4.74 Å². The smallest absolute Gasteiger partial charge is 0.0462 e. The van der Waals surface area contributed by atoms with Crippen molar-refractivity contribution in [1.29, 1.82) is 0 Å². The van der Waals surface area contributed by atoms with E-state index in [-0.39, 0.29) is 0 Å². The lowest BCUT2D eigenvalue weighted by Crippen LogP contribution is -2.29. The first kappa shape index (κ1) is 16.3. The Labute approximate surface area is 119 Å². The van der Waals surface area contributed by atoms with Crippen LogP contribution in [0.25, 0.3) is 0 Å². The van der Waals surface area contributed by atoms with Crippen LogP contribution >= 0.6 is 11.6 Å². The summed E-state index contributed by atoms with van der Waals surface area (Å²) in [5.74, 6) is 1.85. The Morgan fingerprint density at radius 3 is 2.44 bits per heavy atom. The average molecular weight is 275 g/mol. The number of hydrogen-bond acceptors (Lipinski definition) is 1. The highest BCUT2D eigenvalue weighted by molar-refractivity contribution is 6.18. The van der Waals surface area contributed by atoms with Gasteiger partial charge in [0.1, 0.15) is 0 Å². The molecule has 1 aliphatic carbocycles. The molecular weight excluding hydrogens is 244 g/mol. The number of halogens is 1. The standard InChI is InChI=1S/C16H31ClO/c1-3-4-7-15-8-11-16(14-17,12-9-15)10-5-6-13-18-2/h15H,3-14H2,1-2H3. The van der Waals surface area contributed by atoms with Gasteiger partial charge in [0.2, 0.25) is 0 Å². The van der Waals surface area contributed by atoms with Crippen LogP contribution in [-0.2, 0) is 4.74 Å². The fourth-order valence-electron chi connectivity index (χ4n) is 3.27. The van der Waals surface area contributed by atoms with Crippen LogP contribution in [-0.4, -0.2) is 19.6 Å². The summed E-state index contributed by atoms with van der Waals surface area (Å²) in [5.41, 5.74) is 0.456. The van der Waals surface area contributed by atoms with Gasteiger partial charge in [-0.15, -0.1) is 11.6 Å². The van der Waals surface area contributed by atoms with E-state index in [1.807, 2.05) is 0 Å². The second kappa shape index (κ2) is 9.20. The van der Waals surface area contributed by atoms with E-state index in [1.165, 1.54) is 64.2 Å². The molecule has 1 fully saturated rings. The highest BCUT2D eigenvalue weighted by Gasteiger charge is 2.33. The number of hydrogen-bond donors (Lipinski definition) is 0. The van der Waals surface area contributed by atoms with Gasteiger partial charge < -0.3 is 4.74 Å². The van der Waals surface area contributed by atoms with Crippen LogP contribution in [0, 0.1) is 11.3 Å². The molecule has 0 atom stereocenters. The van der Waals surface area contributed by atoms with E-state index in [0.29, 0.717) is 5.41 Å². The minimum atomic E-state index is 0.456. The van der Waals surface area contributed by atoms with Crippen molar-refractivity contribution in [2.24, 2.45) is 11.3 Å². The third kappa shape index (κ3) is 5.48. The summed E-state index contributed by atoms with van der Waals surface area (Å²) in [6.07, 6.45) is 13.5. The van der Waals surface area contributed by atoms with E-state index >= 15 is 0 Å². The zero-order chi connectivity index (χ0) is 13.3. The normalized spacial score (nSPS) is 28.5. The van der Waals surface area contributed by atoms with E-state index in [9.17, 15) is 0 Å². The molecule has 0 aromatic heterocycles. The average Bonchev–Trinajstić information content (AvgIpc) is 2.43. The summed E-state index contributed by atoms with van der Waals surface area (Å²) in [4.78, 5) is 0. The quantitative estimate of drug-likeness (QED) is 0.404. The Hall–Kier alpha value is 0.250. The van der Waals surface area contributed by atoms with Crippen LogP contribution in [0.3, 0.4) is 0 Å². The number of alkyl halides is 1. The Balaban J connectivity index is 2.26. The lowest BCUT2D eigenvalue weighted by Gasteiger charge is -2.39. The molecule has 108 valence electrons. The van der Waals surface area contributed by atoms with Crippen molar-refractivity contribution in [1.82, 2.24) is 0 Å². The van der Waals surface area contributed by atoms with Gasteiger partial charge in [-0.05, 0) is 49.9 Å². The summed E-state index contributed by atoms with van der Waals surface area (Å²) < 4.78 is 5.13. The zero-order valence-corrected chi connectivity index (χ0v) is 13.1. The highest BCUT2D eigenvalue weighted by Crippen LogP contribution is 2.44. The third-order valence-electron chi connectivity index (χ3n) is 4.72. The predicted octanol–water partition coefficient (Wildman–Crippen LogP) is 5.41. The van der Waals surface area contributed by atoms with E-state index in [4.69, 9.17) is 16.3 Å². The van der Waals surface area contributed by atoms with Gasteiger partial charge in [0.25, 0.3) is 0 Å². The van der Waals surface area contributed by atoms with Gasteiger partial charge in [0, 0.05) is 19.6 Å². The molecule has 0 bridgehead atoms. The third-order valence-corrected chi connectivity index (χ3v) is 5.29. The van der Waals surface area contributed by atoms with Crippen molar-refractivity contribution in [3.05, 3.63) is 0 Å². The van der Waals surface area contributed by atoms with Crippen molar-refractivity contribution in [3.63, 3.8) is 0 Å². The second-order valence-corrected chi connectivity index (χ2v) is 6.44. The molecule has 0 aliphatic heterocycles. The van der Waals surface area contributed by atoms with Crippen molar-refractivity contribution in [2.75, 3.05) is 19.6 Å². The minimum Gasteiger partial charge on any atom is -0.385 e. The molecule has 0 saturated heterocycles. The van der Waals surface area contributed by atoms with E-state index in [2.05, 4.69) is 6.92 Å². The summed E-state index contributed by atoms with van der Waals surface area (Å²) in [6, 6.07) is 0. The van der Waals surface area contributed by atoms with Crippen LogP contribution in [0.5, 0.6) is 0 Å². The van der Waals surface area contributed by atoms with E-state index < -0.39 is 0 Å². The van der Waals surface area contributed by atoms with Crippen molar-refractivity contribution in [2.45, 2.75) is 71.1 Å². The Kier molecular flexibility index (Phi) is 8.33. The van der Waals surface area contributed by atoms with Gasteiger partial charge in [0.05, 0.1) is 0 Å². The van der Waals surface area contributed by atoms with E-state index in [0.717, 1.165) is 18.4 Å². The van der Waals surface area contributed by atoms with Crippen molar-refractivity contribution in [3.8, 4) is 0 Å². The Bertz CT molecular complexity index is 197. The van der Waals surface area contributed by atoms with Gasteiger partial charge in [-0.3, -0.25) is 0 Å². The summed E-state index contributed by atoms with van der Waals surface area (Å²) >= 11 is 6.27. The molecule has 0 amide bonds. The second-order valence-electron chi connectivity index (χ2n) is 6.17. The Morgan fingerprint density at radius 2 is 1.89 bits per heavy atom. The summed E-state index contributed by atoms with van der Waals surface area (Å²) in [6.45, 7) is 3.19. The molecule has 0 heterocycles. The molecule has 0 aromatic rings. The predicted molar refractivity (Wildman–Crippen MR) is 80.4 cm³/mol. The van der Waals surface area contributed by atoms with Crippen molar-refractivity contribution >= 4 is 11.6 Å². The van der Waals surface area contributed by atoms with Crippen LogP contribution in [0.15, 0.2) is 0 Å². The topological polar surface area (TPSA) is 9.23 Å². The van der Waals surface area contributed by atoms with E-state index in [1.54, 1.807) is 7.11 Å². The minimum absolute atomic E-state index is 0.456. The molecule has 0 unspecified atom stereocenters. The molecule has 1 nitrogen and oxygen atoms in total. The highest BCUT2D eigenvalue weighted by atomic mass is 35.5. The molecule has 1 rings (SSSR count). The maximum absolute atomic E-state index is 6.27. The van der Waals surface area contributed by atoms with Gasteiger partial charge in [-0.1, -0.05) is 32.6 Å². The molecule has 18 heavy (non-hydrogen) atoms. The molecule has 2 heteroatoms. The molecule has 1 saturated carbocycles. The van der Waals surface area contributed by atoms with Gasteiger partial charge in [0.15, 0.2) is 0 Å². The maximum atomic E-state index is 6.27. The van der Waals surface area contributed by atoms with Gasteiger partial charge in [-0.25, -0.2) is 0 Å². The Morgan fingerprint density at radius 1 is 1.17 bits per heavy atom. The number of rotatable bonds is 9. The largest absolute Gasteiger partial charge is 0.385 e. The van der Waals surface area contributed by atoms with Crippen LogP contribution in [0.4, 0.5) is 0 Å². The number of methoxy groups -OCH3 is 1. The summed E-state index contributed by atoms with van der Waals surface area (Å²) in [7, 11) is 1.79. The lowest BCUT2D eigenvalue weighted by atomic mass is 9.68. The molecule has 0 radical (unpaired) electrons. The van der Waals surface area contributed by atoms with Gasteiger partial charge in [-0.2, -0.15) is 0 Å². The van der Waals surface area contributed by atoms with Crippen LogP contribution < -0.4 is 0 Å². The SMILES string of the molecule is CCCCC1CCC(CCl)(CCCCOC)CC1. The number of unbranched alkanes of at least 4 members (excludes halogenated alkanes) is 2. The maximum Gasteiger partial charge on any atom is 0.0462 e. The monoisotopic (exact) mass is 274 g/mol. The zero-order valence-electron chi connectivity index (χ0n) is 12.3. The van der Waals surface area contributed by atoms with Gasteiger partial charge >= 0.3 is 0 Å². The lowest BCUT2D eigenvalue weighted by molar-refractivity contribution is 0.140. The van der Waals surface area contributed by atoms with Crippen LogP contribution in [0.2, 0.25) is 0 Å². The first-order valence-corrected chi connectivity index (χ1v) is 8.34. The fourth-order valence-corrected chi connectivity index (χ4v) is 3.67. The first-order valence-electron chi connectivity index (χ1n) is 7.81. The molecule has 0 aromatic carbocycles. The molecular formula is C16H31ClO. The molecule has 0 spiro atoms. The van der Waals surface area contributed by atoms with Crippen LogP contribution in [0.1, 0.15) is 71.1 Å². The molecule has 1 aliphatic rings. The summed E-state index contributed by atoms with van der Waals surface area (Å²) in [5, 5.41) is 0. The molecule has 0 N–H and O–H groups in total. The number of ether oxygens (including phenoxy) is 1. The first-order chi connectivity index (χ1) is 8.76.